The van der Waals surface area contributed by atoms with Crippen LogP contribution in [0.2, 0.25) is 0 Å². The molecule has 8 nitrogen and oxygen atoms in total. The lowest BCUT2D eigenvalue weighted by atomic mass is 9.32. The van der Waals surface area contributed by atoms with Gasteiger partial charge in [-0.1, -0.05) is 54.9 Å². The van der Waals surface area contributed by atoms with E-state index in [9.17, 15) is 10.2 Å². The van der Waals surface area contributed by atoms with Crippen LogP contribution < -0.4 is 5.73 Å². The minimum Gasteiger partial charge on any atom is -0.388 e. The van der Waals surface area contributed by atoms with Gasteiger partial charge in [-0.05, 0) is 140 Å². The summed E-state index contributed by atoms with van der Waals surface area (Å²) in [5, 5.41) is 22.1. The first kappa shape index (κ1) is 33.4. The summed E-state index contributed by atoms with van der Waals surface area (Å²) in [6.07, 6.45) is 17.0. The molecule has 3 heterocycles. The number of nitrogen functional groups attached to an aromatic ring is 1. The first-order valence-corrected chi connectivity index (χ1v) is 19.6. The van der Waals surface area contributed by atoms with E-state index in [1.807, 2.05) is 0 Å². The molecule has 5 saturated carbocycles. The zero-order chi connectivity index (χ0) is 34.0. The largest absolute Gasteiger partial charge is 0.388 e. The van der Waals surface area contributed by atoms with Crippen LogP contribution in [0.25, 0.3) is 11.2 Å². The molecule has 14 atom stereocenters. The maximum absolute atomic E-state index is 11.1. The van der Waals surface area contributed by atoms with Gasteiger partial charge in [0.2, 0.25) is 0 Å². The van der Waals surface area contributed by atoms with E-state index in [0.29, 0.717) is 55.9 Å². The van der Waals surface area contributed by atoms with Crippen molar-refractivity contribution in [3.05, 3.63) is 12.7 Å². The van der Waals surface area contributed by atoms with E-state index in [0.717, 1.165) is 36.5 Å². The number of nitrogens with two attached hydrogens (primary N) is 1. The molecule has 2 aromatic rings. The number of aromatic nitrogens is 4. The monoisotopic (exact) mass is 661 g/mol. The number of imidazole rings is 1. The average molecular weight is 662 g/mol. The van der Waals surface area contributed by atoms with Crippen LogP contribution in [0.3, 0.4) is 0 Å². The summed E-state index contributed by atoms with van der Waals surface area (Å²) >= 11 is 0. The van der Waals surface area contributed by atoms with Gasteiger partial charge in [0, 0.05) is 0 Å². The number of aliphatic hydroxyl groups is 2. The SMILES string of the molecule is CC(CC[C@H]1O[C@@H](n2cnc3c(N)ncnc32)[C@H](O)[C@@H]1O)C1CC[C@]2(C)[C@H]3CC[C@@H]4[C@@]5(C)CCCC(C)(C)[C@@H]5CC[C@@]4(C)[C@]3(C)CC[C@@H]12. The molecule has 0 radical (unpaired) electrons. The number of hydrogen-bond donors (Lipinski definition) is 3. The van der Waals surface area contributed by atoms with Gasteiger partial charge in [0.1, 0.15) is 24.1 Å². The van der Waals surface area contributed by atoms with Crippen molar-refractivity contribution in [3.63, 3.8) is 0 Å². The van der Waals surface area contributed by atoms with Crippen LogP contribution in [0, 0.1) is 62.6 Å². The van der Waals surface area contributed by atoms with Crippen molar-refractivity contribution >= 4 is 17.0 Å². The van der Waals surface area contributed by atoms with E-state index >= 15 is 0 Å². The smallest absolute Gasteiger partial charge is 0.167 e. The Kier molecular flexibility index (Phi) is 7.73. The van der Waals surface area contributed by atoms with Crippen LogP contribution in [0.5, 0.6) is 0 Å². The molecule has 5 aliphatic carbocycles. The fourth-order valence-electron chi connectivity index (χ4n) is 14.9. The lowest BCUT2D eigenvalue weighted by molar-refractivity contribution is -0.241. The van der Waals surface area contributed by atoms with Gasteiger partial charge < -0.3 is 20.7 Å². The van der Waals surface area contributed by atoms with Crippen LogP contribution in [0.1, 0.15) is 138 Å². The van der Waals surface area contributed by atoms with Crippen LogP contribution in [-0.2, 0) is 4.74 Å². The topological polar surface area (TPSA) is 119 Å². The number of fused-ring (bicyclic) bond motifs is 8. The summed E-state index contributed by atoms with van der Waals surface area (Å²) < 4.78 is 8.03. The Hall–Kier alpha value is -1.77. The Morgan fingerprint density at radius 2 is 1.54 bits per heavy atom. The molecule has 48 heavy (non-hydrogen) atoms. The molecule has 8 rings (SSSR count). The third-order valence-corrected chi connectivity index (χ3v) is 17.4. The summed E-state index contributed by atoms with van der Waals surface area (Å²) in [7, 11) is 0. The molecule has 0 amide bonds. The predicted molar refractivity (Wildman–Crippen MR) is 189 cm³/mol. The van der Waals surface area contributed by atoms with Gasteiger partial charge in [0.05, 0.1) is 12.4 Å². The maximum Gasteiger partial charge on any atom is 0.167 e. The van der Waals surface area contributed by atoms with Crippen molar-refractivity contribution in [2.24, 2.45) is 62.6 Å². The maximum atomic E-state index is 11.1. The fraction of sp³-hybridized carbons (Fsp3) is 0.875. The van der Waals surface area contributed by atoms with Crippen LogP contribution in [-0.4, -0.2) is 48.0 Å². The number of rotatable bonds is 5. The highest BCUT2D eigenvalue weighted by Crippen LogP contribution is 2.78. The summed E-state index contributed by atoms with van der Waals surface area (Å²) in [5.74, 6) is 4.91. The van der Waals surface area contributed by atoms with Gasteiger partial charge in [-0.25, -0.2) is 15.0 Å². The van der Waals surface area contributed by atoms with Crippen molar-refractivity contribution in [3.8, 4) is 0 Å². The van der Waals surface area contributed by atoms with Crippen LogP contribution in [0.15, 0.2) is 12.7 Å². The van der Waals surface area contributed by atoms with Crippen molar-refractivity contribution in [1.82, 2.24) is 19.5 Å². The molecule has 0 spiro atoms. The standard InChI is InChI=1S/C40H63N5O3/c1-23(9-10-26-31(46)32(47)35(48-26)45-22-44-30-33(41)42-21-43-34(30)45)24-13-18-37(4)25(24)14-19-39(6)28(37)11-12-29-38(5)17-8-16-36(2,3)27(38)15-20-40(29,39)7/h21-29,31-32,35,46-47H,8-20H2,1-7H3,(H2,41,42,43)/t23?,24?,25-,26+,27-,28+,29+,31+,32+,35+,37-,38-,39+,40+/m0/s1. The Morgan fingerprint density at radius 3 is 2.29 bits per heavy atom. The first-order chi connectivity index (χ1) is 22.7. The lowest BCUT2D eigenvalue weighted by Gasteiger charge is -2.73. The Balaban J connectivity index is 0.958. The quantitative estimate of drug-likeness (QED) is 0.298. The predicted octanol–water partition coefficient (Wildman–Crippen LogP) is 7.94. The molecular weight excluding hydrogens is 598 g/mol. The number of aliphatic hydroxyl groups excluding tert-OH is 2. The average Bonchev–Trinajstić information content (AvgIpc) is 3.70. The molecule has 0 aromatic carbocycles. The number of nitrogens with zero attached hydrogens (tertiary/aromatic N) is 4. The second kappa shape index (κ2) is 11.1. The van der Waals surface area contributed by atoms with E-state index in [2.05, 4.69) is 63.4 Å². The number of ether oxygens (including phenoxy) is 1. The minimum absolute atomic E-state index is 0.292. The van der Waals surface area contributed by atoms with E-state index < -0.39 is 24.5 Å². The van der Waals surface area contributed by atoms with Gasteiger partial charge >= 0.3 is 0 Å². The molecule has 6 fully saturated rings. The second-order valence-corrected chi connectivity index (χ2v) is 19.5. The van der Waals surface area contributed by atoms with Gasteiger partial charge in [0.25, 0.3) is 0 Å². The van der Waals surface area contributed by atoms with Crippen LogP contribution >= 0.6 is 0 Å². The molecule has 1 saturated heterocycles. The molecule has 266 valence electrons. The fourth-order valence-corrected chi connectivity index (χ4v) is 14.9. The molecule has 2 unspecified atom stereocenters. The second-order valence-electron chi connectivity index (χ2n) is 19.5. The van der Waals surface area contributed by atoms with Crippen molar-refractivity contribution in [1.29, 1.82) is 0 Å². The highest BCUT2D eigenvalue weighted by molar-refractivity contribution is 5.81. The Labute approximate surface area is 288 Å². The van der Waals surface area contributed by atoms with E-state index in [-0.39, 0.29) is 0 Å². The Bertz CT molecular complexity index is 1540. The highest BCUT2D eigenvalue weighted by Gasteiger charge is 2.70. The van der Waals surface area contributed by atoms with Crippen molar-refractivity contribution < 1.29 is 14.9 Å². The third-order valence-electron chi connectivity index (χ3n) is 17.4. The molecule has 8 heteroatoms. The molecule has 2 aromatic heterocycles. The molecule has 0 bridgehead atoms. The van der Waals surface area contributed by atoms with Gasteiger partial charge in [0.15, 0.2) is 17.7 Å². The zero-order valence-electron chi connectivity index (χ0n) is 30.8. The first-order valence-electron chi connectivity index (χ1n) is 19.6. The van der Waals surface area contributed by atoms with Gasteiger partial charge in [-0.15, -0.1) is 0 Å². The summed E-state index contributed by atoms with van der Waals surface area (Å²) in [6, 6.07) is 0. The lowest BCUT2D eigenvalue weighted by Crippen LogP contribution is -2.65. The van der Waals surface area contributed by atoms with E-state index in [4.69, 9.17) is 10.5 Å². The molecule has 4 N–H and O–H groups in total. The molecular formula is C40H63N5O3. The Morgan fingerprint density at radius 1 is 0.833 bits per heavy atom. The minimum atomic E-state index is -1.06. The molecule has 1 aliphatic heterocycles. The van der Waals surface area contributed by atoms with E-state index in [1.54, 1.807) is 10.9 Å². The van der Waals surface area contributed by atoms with Gasteiger partial charge in [-0.2, -0.15) is 0 Å². The third kappa shape index (κ3) is 4.45. The van der Waals surface area contributed by atoms with Crippen molar-refractivity contribution in [2.75, 3.05) is 5.73 Å². The zero-order valence-corrected chi connectivity index (χ0v) is 30.8. The number of anilines is 1. The van der Waals surface area contributed by atoms with Crippen molar-refractivity contribution in [2.45, 2.75) is 156 Å². The number of hydrogen-bond acceptors (Lipinski definition) is 7. The van der Waals surface area contributed by atoms with Gasteiger partial charge in [-0.3, -0.25) is 4.57 Å². The summed E-state index contributed by atoms with van der Waals surface area (Å²) in [6.45, 7) is 18.6. The normalized spacial score (nSPS) is 48.8. The summed E-state index contributed by atoms with van der Waals surface area (Å²) in [4.78, 5) is 12.7. The summed E-state index contributed by atoms with van der Waals surface area (Å²) in [5.41, 5.74) is 9.25. The van der Waals surface area contributed by atoms with Crippen LogP contribution in [0.4, 0.5) is 5.82 Å². The van der Waals surface area contributed by atoms with E-state index in [1.165, 1.54) is 77.0 Å². The highest BCUT2D eigenvalue weighted by atomic mass is 16.6. The molecule has 6 aliphatic rings.